The second kappa shape index (κ2) is 3.71. The Morgan fingerprint density at radius 1 is 2.00 bits per heavy atom. The average molecular weight is 222 g/mol. The average Bonchev–Trinajstić information content (AvgIpc) is 2.31. The number of nitrogens with zero attached hydrogens (tertiary/aromatic N) is 1. The summed E-state index contributed by atoms with van der Waals surface area (Å²) >= 11 is 3.17. The van der Waals surface area contributed by atoms with Crippen LogP contribution in [0, 0.1) is 0 Å². The summed E-state index contributed by atoms with van der Waals surface area (Å²) in [5, 5.41) is 3.64. The lowest BCUT2D eigenvalue weighted by molar-refractivity contribution is -0.144. The molecule has 1 atom stereocenters. The Morgan fingerprint density at radius 3 is 3.18 bits per heavy atom. The highest BCUT2D eigenvalue weighted by molar-refractivity contribution is 9.18. The van der Waals surface area contributed by atoms with Gasteiger partial charge in [0.05, 0.1) is 0 Å². The Labute approximate surface area is 72.7 Å². The van der Waals surface area contributed by atoms with Crippen LogP contribution in [0.5, 0.6) is 0 Å². The molecule has 1 rings (SSSR count). The second-order valence-corrected chi connectivity index (χ2v) is 3.12. The van der Waals surface area contributed by atoms with Gasteiger partial charge in [-0.15, -0.1) is 0 Å². The van der Waals surface area contributed by atoms with Gasteiger partial charge in [-0.05, 0) is 15.9 Å². The Hall–Kier alpha value is -0.580. The smallest absolute Gasteiger partial charge is 0.302 e. The van der Waals surface area contributed by atoms with Crippen molar-refractivity contribution in [3.8, 4) is 0 Å². The van der Waals surface area contributed by atoms with E-state index in [9.17, 15) is 4.79 Å². The van der Waals surface area contributed by atoms with E-state index in [1.807, 2.05) is 0 Å². The zero-order valence-corrected chi connectivity index (χ0v) is 7.63. The van der Waals surface area contributed by atoms with Gasteiger partial charge in [-0.3, -0.25) is 4.79 Å². The third-order valence-electron chi connectivity index (χ3n) is 1.17. The van der Waals surface area contributed by atoms with Crippen LogP contribution in [-0.2, 0) is 14.4 Å². The fourth-order valence-corrected chi connectivity index (χ4v) is 1.14. The van der Waals surface area contributed by atoms with Crippen molar-refractivity contribution in [3.05, 3.63) is 0 Å². The maximum Gasteiger partial charge on any atom is 0.302 e. The molecule has 0 radical (unpaired) electrons. The molecule has 1 aliphatic heterocycles. The summed E-state index contributed by atoms with van der Waals surface area (Å²) in [6, 6.07) is 0. The molecule has 0 fully saturated rings. The lowest BCUT2D eigenvalue weighted by Crippen LogP contribution is -2.16. The van der Waals surface area contributed by atoms with Crippen molar-refractivity contribution in [1.29, 1.82) is 0 Å². The molecule has 62 valence electrons. The maximum atomic E-state index is 10.4. The molecular formula is C6H8BrNO3. The van der Waals surface area contributed by atoms with Crippen LogP contribution in [-0.4, -0.2) is 23.3 Å². The van der Waals surface area contributed by atoms with E-state index in [1.54, 1.807) is 0 Å². The van der Waals surface area contributed by atoms with Crippen LogP contribution < -0.4 is 0 Å². The predicted octanol–water partition coefficient (Wildman–Crippen LogP) is 1.05. The molecule has 0 aliphatic carbocycles. The Bertz CT molecular complexity index is 192. The fourth-order valence-electron chi connectivity index (χ4n) is 0.694. The van der Waals surface area contributed by atoms with E-state index in [0.717, 1.165) is 4.62 Å². The first-order chi connectivity index (χ1) is 5.18. The predicted molar refractivity (Wildman–Crippen MR) is 42.5 cm³/mol. The molecule has 1 aliphatic rings. The molecular weight excluding hydrogens is 214 g/mol. The molecule has 0 aromatic rings. The summed E-state index contributed by atoms with van der Waals surface area (Å²) in [6.07, 6.45) is 0.557. The van der Waals surface area contributed by atoms with Gasteiger partial charge in [0.1, 0.15) is 11.2 Å². The van der Waals surface area contributed by atoms with Crippen LogP contribution in [0.15, 0.2) is 5.16 Å². The van der Waals surface area contributed by atoms with Crippen molar-refractivity contribution in [2.75, 3.05) is 6.61 Å². The van der Waals surface area contributed by atoms with E-state index in [1.165, 1.54) is 6.92 Å². The molecule has 0 spiro atoms. The number of hydrogen-bond donors (Lipinski definition) is 0. The molecule has 4 nitrogen and oxygen atoms in total. The van der Waals surface area contributed by atoms with Crippen LogP contribution >= 0.6 is 15.9 Å². The number of rotatable bonds is 2. The highest BCUT2D eigenvalue weighted by atomic mass is 79.9. The van der Waals surface area contributed by atoms with Crippen molar-refractivity contribution < 1.29 is 14.4 Å². The number of hydrogen-bond acceptors (Lipinski definition) is 4. The van der Waals surface area contributed by atoms with Gasteiger partial charge in [-0.1, -0.05) is 5.16 Å². The highest BCUT2D eigenvalue weighted by Gasteiger charge is 2.19. The van der Waals surface area contributed by atoms with E-state index < -0.39 is 0 Å². The van der Waals surface area contributed by atoms with E-state index in [-0.39, 0.29) is 18.7 Å². The van der Waals surface area contributed by atoms with E-state index in [0.29, 0.717) is 6.42 Å². The molecule has 0 unspecified atom stereocenters. The monoisotopic (exact) mass is 221 g/mol. The van der Waals surface area contributed by atoms with Crippen LogP contribution in [0.25, 0.3) is 0 Å². The minimum atomic E-state index is -0.295. The summed E-state index contributed by atoms with van der Waals surface area (Å²) < 4.78 is 5.47. The van der Waals surface area contributed by atoms with E-state index in [2.05, 4.69) is 21.1 Å². The first-order valence-corrected chi connectivity index (χ1v) is 3.99. The van der Waals surface area contributed by atoms with Gasteiger partial charge in [0, 0.05) is 13.3 Å². The summed E-state index contributed by atoms with van der Waals surface area (Å²) in [6.45, 7) is 1.64. The molecule has 0 saturated carbocycles. The second-order valence-electron chi connectivity index (χ2n) is 2.20. The number of carbonyl (C=O) groups is 1. The third kappa shape index (κ3) is 2.88. The Balaban J connectivity index is 2.16. The molecule has 1 heterocycles. The van der Waals surface area contributed by atoms with Crippen molar-refractivity contribution in [2.24, 2.45) is 5.16 Å². The van der Waals surface area contributed by atoms with Gasteiger partial charge in [0.15, 0.2) is 6.10 Å². The van der Waals surface area contributed by atoms with Crippen molar-refractivity contribution in [1.82, 2.24) is 0 Å². The summed E-state index contributed by atoms with van der Waals surface area (Å²) in [4.78, 5) is 15.2. The summed E-state index contributed by atoms with van der Waals surface area (Å²) in [5.74, 6) is -0.295. The molecule has 0 bridgehead atoms. The van der Waals surface area contributed by atoms with E-state index >= 15 is 0 Å². The Kier molecular flexibility index (Phi) is 2.87. The number of ether oxygens (including phenoxy) is 1. The van der Waals surface area contributed by atoms with Crippen LogP contribution in [0.4, 0.5) is 0 Å². The van der Waals surface area contributed by atoms with Crippen LogP contribution in [0.3, 0.4) is 0 Å². The van der Waals surface area contributed by atoms with Gasteiger partial charge >= 0.3 is 5.97 Å². The molecule has 5 heteroatoms. The minimum Gasteiger partial charge on any atom is -0.462 e. The SMILES string of the molecule is CC(=O)OC[C@@H]1CC(Br)=NO1. The van der Waals surface area contributed by atoms with Gasteiger partial charge in [0.2, 0.25) is 0 Å². The first-order valence-electron chi connectivity index (χ1n) is 3.20. The Morgan fingerprint density at radius 2 is 2.73 bits per heavy atom. The number of carbonyl (C=O) groups excluding carboxylic acids is 1. The standard InChI is InChI=1S/C6H8BrNO3/c1-4(9)10-3-5-2-6(7)8-11-5/h5H,2-3H2,1H3/t5-/m0/s1. The van der Waals surface area contributed by atoms with Gasteiger partial charge < -0.3 is 9.57 Å². The minimum absolute atomic E-state index is 0.117. The fraction of sp³-hybridized carbons (Fsp3) is 0.667. The summed E-state index contributed by atoms with van der Waals surface area (Å²) in [5.41, 5.74) is 0. The molecule has 11 heavy (non-hydrogen) atoms. The highest BCUT2D eigenvalue weighted by Crippen LogP contribution is 2.14. The van der Waals surface area contributed by atoms with Crippen molar-refractivity contribution in [2.45, 2.75) is 19.4 Å². The normalized spacial score (nSPS) is 22.4. The van der Waals surface area contributed by atoms with E-state index in [4.69, 9.17) is 9.57 Å². The van der Waals surface area contributed by atoms with Crippen LogP contribution in [0.2, 0.25) is 0 Å². The number of halogens is 1. The lowest BCUT2D eigenvalue weighted by Gasteiger charge is -2.06. The first kappa shape index (κ1) is 8.52. The van der Waals surface area contributed by atoms with Crippen LogP contribution in [0.1, 0.15) is 13.3 Å². The molecule has 0 aromatic carbocycles. The number of esters is 1. The third-order valence-corrected chi connectivity index (χ3v) is 1.64. The molecule has 0 amide bonds. The molecule has 0 N–H and O–H groups in total. The largest absolute Gasteiger partial charge is 0.462 e. The molecule has 0 saturated heterocycles. The quantitative estimate of drug-likeness (QED) is 0.656. The zero-order chi connectivity index (χ0) is 8.27. The summed E-state index contributed by atoms with van der Waals surface area (Å²) in [7, 11) is 0. The number of oxime groups is 1. The van der Waals surface area contributed by atoms with Gasteiger partial charge in [-0.2, -0.15) is 0 Å². The lowest BCUT2D eigenvalue weighted by atomic mass is 10.3. The van der Waals surface area contributed by atoms with Gasteiger partial charge in [-0.25, -0.2) is 0 Å². The van der Waals surface area contributed by atoms with Crippen molar-refractivity contribution in [3.63, 3.8) is 0 Å². The van der Waals surface area contributed by atoms with Crippen molar-refractivity contribution >= 4 is 26.5 Å². The topological polar surface area (TPSA) is 47.9 Å². The molecule has 0 aromatic heterocycles. The van der Waals surface area contributed by atoms with Gasteiger partial charge in [0.25, 0.3) is 0 Å². The zero-order valence-electron chi connectivity index (χ0n) is 6.04. The maximum absolute atomic E-state index is 10.4.